The largest absolute Gasteiger partial charge is 0.453 e. The molecule has 0 aliphatic rings. The van der Waals surface area contributed by atoms with Gasteiger partial charge in [-0.15, -0.1) is 11.3 Å². The Labute approximate surface area is 182 Å². The van der Waals surface area contributed by atoms with E-state index in [0.29, 0.717) is 21.3 Å². The summed E-state index contributed by atoms with van der Waals surface area (Å²) in [7, 11) is 1.61. The minimum Gasteiger partial charge on any atom is -0.453 e. The second-order valence-electron chi connectivity index (χ2n) is 7.35. The molecule has 0 aliphatic carbocycles. The SMILES string of the molecule is Cc1c(C(=O)OCC(=O)c2cc(C)n(-c3ccccc3)c2C)sc2ncn(C)c(=O)c12. The van der Waals surface area contributed by atoms with Crippen LogP contribution in [-0.4, -0.2) is 32.5 Å². The van der Waals surface area contributed by atoms with Gasteiger partial charge in [-0.05, 0) is 44.5 Å². The molecule has 0 amide bonds. The number of para-hydroxylation sites is 1. The van der Waals surface area contributed by atoms with Gasteiger partial charge in [-0.3, -0.25) is 9.59 Å². The van der Waals surface area contributed by atoms with Crippen molar-refractivity contribution in [2.45, 2.75) is 20.8 Å². The van der Waals surface area contributed by atoms with E-state index in [1.165, 1.54) is 10.9 Å². The van der Waals surface area contributed by atoms with Gasteiger partial charge in [0.05, 0.1) is 11.7 Å². The topological polar surface area (TPSA) is 83.2 Å². The van der Waals surface area contributed by atoms with Gasteiger partial charge < -0.3 is 13.9 Å². The number of nitrogens with zero attached hydrogens (tertiary/aromatic N) is 3. The second kappa shape index (κ2) is 7.96. The molecule has 3 heterocycles. The van der Waals surface area contributed by atoms with Crippen LogP contribution in [-0.2, 0) is 11.8 Å². The normalized spacial score (nSPS) is 11.1. The van der Waals surface area contributed by atoms with Crippen LogP contribution in [0.2, 0.25) is 0 Å². The minimum absolute atomic E-state index is 0.220. The van der Waals surface area contributed by atoms with Gasteiger partial charge in [0.25, 0.3) is 5.56 Å². The van der Waals surface area contributed by atoms with Crippen LogP contribution in [0.3, 0.4) is 0 Å². The van der Waals surface area contributed by atoms with E-state index < -0.39 is 5.97 Å². The molecule has 0 bridgehead atoms. The number of hydrogen-bond donors (Lipinski definition) is 0. The number of thiophene rings is 1. The van der Waals surface area contributed by atoms with Crippen molar-refractivity contribution < 1.29 is 14.3 Å². The van der Waals surface area contributed by atoms with Crippen molar-refractivity contribution in [2.75, 3.05) is 6.61 Å². The van der Waals surface area contributed by atoms with E-state index >= 15 is 0 Å². The summed E-state index contributed by atoms with van der Waals surface area (Å²) in [6.07, 6.45) is 1.42. The van der Waals surface area contributed by atoms with E-state index in [2.05, 4.69) is 4.98 Å². The summed E-state index contributed by atoms with van der Waals surface area (Å²) in [6, 6.07) is 11.6. The summed E-state index contributed by atoms with van der Waals surface area (Å²) in [5.74, 6) is -0.913. The first-order valence-electron chi connectivity index (χ1n) is 9.69. The maximum absolute atomic E-state index is 12.8. The van der Waals surface area contributed by atoms with Crippen molar-refractivity contribution in [3.63, 3.8) is 0 Å². The zero-order valence-corrected chi connectivity index (χ0v) is 18.4. The molecule has 0 saturated heterocycles. The molecule has 4 rings (SSSR count). The van der Waals surface area contributed by atoms with Crippen molar-refractivity contribution in [3.8, 4) is 5.69 Å². The zero-order valence-electron chi connectivity index (χ0n) is 17.6. The van der Waals surface area contributed by atoms with Crippen molar-refractivity contribution in [2.24, 2.45) is 7.05 Å². The van der Waals surface area contributed by atoms with Gasteiger partial charge in [-0.1, -0.05) is 18.2 Å². The van der Waals surface area contributed by atoms with Crippen LogP contribution < -0.4 is 5.56 Å². The smallest absolute Gasteiger partial charge is 0.349 e. The molecular formula is C23H21N3O4S. The molecule has 4 aromatic rings. The second-order valence-corrected chi connectivity index (χ2v) is 8.35. The Morgan fingerprint density at radius 1 is 1.13 bits per heavy atom. The molecule has 31 heavy (non-hydrogen) atoms. The van der Waals surface area contributed by atoms with Crippen molar-refractivity contribution in [1.29, 1.82) is 0 Å². The number of esters is 1. The quantitative estimate of drug-likeness (QED) is 0.352. The van der Waals surface area contributed by atoms with Crippen LogP contribution >= 0.6 is 11.3 Å². The Morgan fingerprint density at radius 2 is 1.84 bits per heavy atom. The average molecular weight is 436 g/mol. The Bertz CT molecular complexity index is 1380. The van der Waals surface area contributed by atoms with E-state index in [1.54, 1.807) is 20.0 Å². The number of carbonyl (C=O) groups excluding carboxylic acids is 2. The molecule has 0 fully saturated rings. The first kappa shape index (κ1) is 20.7. The molecule has 0 aliphatic heterocycles. The predicted molar refractivity (Wildman–Crippen MR) is 119 cm³/mol. The number of hydrogen-bond acceptors (Lipinski definition) is 6. The number of fused-ring (bicyclic) bond motifs is 1. The fourth-order valence-corrected chi connectivity index (χ4v) is 4.73. The van der Waals surface area contributed by atoms with Gasteiger partial charge in [0.1, 0.15) is 9.71 Å². The summed E-state index contributed by atoms with van der Waals surface area (Å²) in [4.78, 5) is 42.8. The number of benzene rings is 1. The highest BCUT2D eigenvalue weighted by Crippen LogP contribution is 2.27. The fourth-order valence-electron chi connectivity index (χ4n) is 3.70. The number of carbonyl (C=O) groups is 2. The van der Waals surface area contributed by atoms with E-state index in [4.69, 9.17) is 4.74 Å². The number of ether oxygens (including phenoxy) is 1. The Morgan fingerprint density at radius 3 is 2.55 bits per heavy atom. The number of aryl methyl sites for hydroxylation is 3. The van der Waals surface area contributed by atoms with Crippen LogP contribution in [0.5, 0.6) is 0 Å². The van der Waals surface area contributed by atoms with Gasteiger partial charge >= 0.3 is 5.97 Å². The highest BCUT2D eigenvalue weighted by atomic mass is 32.1. The fraction of sp³-hybridized carbons (Fsp3) is 0.217. The first-order valence-corrected chi connectivity index (χ1v) is 10.5. The lowest BCUT2D eigenvalue weighted by atomic mass is 10.1. The first-order chi connectivity index (χ1) is 14.8. The number of ketones is 1. The molecule has 0 N–H and O–H groups in total. The van der Waals surface area contributed by atoms with E-state index in [-0.39, 0.29) is 22.8 Å². The molecule has 158 valence electrons. The monoisotopic (exact) mass is 435 g/mol. The Balaban J connectivity index is 1.56. The summed E-state index contributed by atoms with van der Waals surface area (Å²) in [5, 5.41) is 0.402. The lowest BCUT2D eigenvalue weighted by Crippen LogP contribution is -2.17. The van der Waals surface area contributed by atoms with Gasteiger partial charge in [0.15, 0.2) is 6.61 Å². The lowest BCUT2D eigenvalue weighted by molar-refractivity contribution is 0.0479. The Hall–Kier alpha value is -3.52. The zero-order chi connectivity index (χ0) is 22.3. The standard InChI is InChI=1S/C23H21N3O4S/c1-13-10-17(15(3)26(13)16-8-6-5-7-9-16)18(27)11-30-23(29)20-14(2)19-21(31-20)24-12-25(4)22(19)28/h5-10,12H,11H2,1-4H3. The van der Waals surface area contributed by atoms with Crippen LogP contribution in [0.15, 0.2) is 47.5 Å². The third-order valence-corrected chi connectivity index (χ3v) is 6.46. The van der Waals surface area contributed by atoms with E-state index in [1.807, 2.05) is 48.7 Å². The Kier molecular flexibility index (Phi) is 5.32. The molecule has 0 radical (unpaired) electrons. The van der Waals surface area contributed by atoms with Crippen molar-refractivity contribution in [1.82, 2.24) is 14.1 Å². The summed E-state index contributed by atoms with van der Waals surface area (Å²) < 4.78 is 8.67. The molecule has 0 unspecified atom stereocenters. The van der Waals surface area contributed by atoms with Crippen LogP contribution in [0.25, 0.3) is 15.9 Å². The van der Waals surface area contributed by atoms with E-state index in [9.17, 15) is 14.4 Å². The van der Waals surface area contributed by atoms with Crippen LogP contribution in [0.1, 0.15) is 37.0 Å². The van der Waals surface area contributed by atoms with Gasteiger partial charge in [0.2, 0.25) is 5.78 Å². The van der Waals surface area contributed by atoms with Gasteiger partial charge in [0, 0.05) is 29.7 Å². The highest BCUT2D eigenvalue weighted by molar-refractivity contribution is 7.20. The van der Waals surface area contributed by atoms with Crippen molar-refractivity contribution >= 4 is 33.3 Å². The molecule has 0 atom stereocenters. The summed E-state index contributed by atoms with van der Waals surface area (Å²) in [6.45, 7) is 5.11. The average Bonchev–Trinajstić information content (AvgIpc) is 3.25. The molecular weight excluding hydrogens is 414 g/mol. The van der Waals surface area contributed by atoms with Gasteiger partial charge in [-0.2, -0.15) is 0 Å². The number of rotatable bonds is 5. The van der Waals surface area contributed by atoms with Crippen LogP contribution in [0.4, 0.5) is 0 Å². The third kappa shape index (κ3) is 3.59. The molecule has 7 nitrogen and oxygen atoms in total. The number of Topliss-reactive ketones (excluding diaryl/α,β-unsaturated/α-hetero) is 1. The maximum atomic E-state index is 12.8. The highest BCUT2D eigenvalue weighted by Gasteiger charge is 2.22. The summed E-state index contributed by atoms with van der Waals surface area (Å²) >= 11 is 1.09. The molecule has 8 heteroatoms. The molecule has 0 spiro atoms. The summed E-state index contributed by atoms with van der Waals surface area (Å²) in [5.41, 5.74) is 3.48. The molecule has 3 aromatic heterocycles. The third-order valence-electron chi connectivity index (χ3n) is 5.28. The predicted octanol–water partition coefficient (Wildman–Crippen LogP) is 3.75. The molecule has 1 aromatic carbocycles. The lowest BCUT2D eigenvalue weighted by Gasteiger charge is -2.09. The van der Waals surface area contributed by atoms with Crippen LogP contribution in [0, 0.1) is 20.8 Å². The minimum atomic E-state index is -0.632. The maximum Gasteiger partial charge on any atom is 0.349 e. The van der Waals surface area contributed by atoms with Gasteiger partial charge in [-0.25, -0.2) is 9.78 Å². The van der Waals surface area contributed by atoms with E-state index in [0.717, 1.165) is 28.4 Å². The van der Waals surface area contributed by atoms with Crippen molar-refractivity contribution in [3.05, 3.63) is 80.5 Å². The number of aromatic nitrogens is 3. The molecule has 0 saturated carbocycles.